The molecular formula is C11H9F3N2O2. The molecule has 0 aliphatic rings. The van der Waals surface area contributed by atoms with E-state index >= 15 is 0 Å². The maximum atomic E-state index is 12.4. The number of alkyl halides is 3. The second kappa shape index (κ2) is 5.40. The molecule has 0 fully saturated rings. The molecule has 0 aliphatic carbocycles. The summed E-state index contributed by atoms with van der Waals surface area (Å²) in [6, 6.07) is 1.48. The first-order valence-electron chi connectivity index (χ1n) is 4.85. The molecule has 0 spiro atoms. The molecule has 4 nitrogen and oxygen atoms in total. The van der Waals surface area contributed by atoms with Crippen LogP contribution in [0.2, 0.25) is 0 Å². The first-order valence-corrected chi connectivity index (χ1v) is 4.85. The Hall–Kier alpha value is -2.23. The third kappa shape index (κ3) is 3.38. The number of terminal acetylenes is 1. The number of nitrogens with zero attached hydrogens (tertiary/aromatic N) is 1. The van der Waals surface area contributed by atoms with Gasteiger partial charge < -0.3 is 10.4 Å². The van der Waals surface area contributed by atoms with Gasteiger partial charge in [-0.2, -0.15) is 13.2 Å². The van der Waals surface area contributed by atoms with E-state index < -0.39 is 17.8 Å². The summed E-state index contributed by atoms with van der Waals surface area (Å²) >= 11 is 0. The van der Waals surface area contributed by atoms with Crippen molar-refractivity contribution in [1.82, 2.24) is 4.98 Å². The van der Waals surface area contributed by atoms with Crippen molar-refractivity contribution < 1.29 is 23.1 Å². The average molecular weight is 258 g/mol. The minimum absolute atomic E-state index is 0.144. The number of halogens is 3. The second-order valence-electron chi connectivity index (χ2n) is 3.28. The van der Waals surface area contributed by atoms with Gasteiger partial charge in [-0.05, 0) is 12.1 Å². The van der Waals surface area contributed by atoms with Gasteiger partial charge in [0.25, 0.3) is 0 Å². The maximum Gasteiger partial charge on any atom is 0.433 e. The summed E-state index contributed by atoms with van der Waals surface area (Å²) in [5, 5.41) is 11.3. The van der Waals surface area contributed by atoms with E-state index in [4.69, 9.17) is 11.5 Å². The molecule has 0 saturated carbocycles. The van der Waals surface area contributed by atoms with Crippen LogP contribution in [0.4, 0.5) is 19.0 Å². The first kappa shape index (κ1) is 13.8. The molecule has 7 heteroatoms. The quantitative estimate of drug-likeness (QED) is 0.642. The number of carboxylic acids is 1. The van der Waals surface area contributed by atoms with Gasteiger partial charge in [-0.15, -0.1) is 12.3 Å². The number of rotatable bonds is 4. The van der Waals surface area contributed by atoms with Crippen LogP contribution in [-0.4, -0.2) is 22.6 Å². The number of carbonyl (C=O) groups is 1. The Bertz CT molecular complexity index is 492. The predicted molar refractivity (Wildman–Crippen MR) is 58.1 cm³/mol. The summed E-state index contributed by atoms with van der Waals surface area (Å²) < 4.78 is 37.3. The highest BCUT2D eigenvalue weighted by atomic mass is 19.4. The van der Waals surface area contributed by atoms with Crippen LogP contribution >= 0.6 is 0 Å². The van der Waals surface area contributed by atoms with Crippen molar-refractivity contribution in [3.8, 4) is 12.3 Å². The van der Waals surface area contributed by atoms with E-state index in [9.17, 15) is 18.0 Å². The first-order chi connectivity index (χ1) is 8.36. The molecule has 0 aliphatic heterocycles. The number of aromatic nitrogens is 1. The number of anilines is 1. The summed E-state index contributed by atoms with van der Waals surface area (Å²) in [6.45, 7) is 0.144. The van der Waals surface area contributed by atoms with Crippen LogP contribution in [0.1, 0.15) is 22.5 Å². The number of hydrogen-bond acceptors (Lipinski definition) is 3. The average Bonchev–Trinajstić information content (AvgIpc) is 2.27. The van der Waals surface area contributed by atoms with E-state index in [2.05, 4.69) is 16.2 Å². The molecule has 0 aromatic carbocycles. The van der Waals surface area contributed by atoms with Crippen LogP contribution in [-0.2, 0) is 6.18 Å². The molecule has 2 N–H and O–H groups in total. The fourth-order valence-electron chi connectivity index (χ4n) is 1.18. The van der Waals surface area contributed by atoms with Crippen LogP contribution < -0.4 is 5.32 Å². The van der Waals surface area contributed by atoms with Crippen LogP contribution in [0.5, 0.6) is 0 Å². The lowest BCUT2D eigenvalue weighted by atomic mass is 10.2. The minimum atomic E-state index is -4.63. The van der Waals surface area contributed by atoms with E-state index in [-0.39, 0.29) is 24.3 Å². The highest BCUT2D eigenvalue weighted by Crippen LogP contribution is 2.29. The molecular weight excluding hydrogens is 249 g/mol. The van der Waals surface area contributed by atoms with Gasteiger partial charge in [-0.1, -0.05) is 0 Å². The Balaban J connectivity index is 3.09. The van der Waals surface area contributed by atoms with Crippen LogP contribution in [0.25, 0.3) is 0 Å². The Morgan fingerprint density at radius 2 is 2.17 bits per heavy atom. The van der Waals surface area contributed by atoms with Crippen LogP contribution in [0.3, 0.4) is 0 Å². The van der Waals surface area contributed by atoms with Gasteiger partial charge in [0, 0.05) is 13.0 Å². The molecule has 0 unspecified atom stereocenters. The van der Waals surface area contributed by atoms with Crippen molar-refractivity contribution in [2.24, 2.45) is 0 Å². The molecule has 0 radical (unpaired) electrons. The number of aromatic carboxylic acids is 1. The van der Waals surface area contributed by atoms with Gasteiger partial charge in [-0.3, -0.25) is 0 Å². The minimum Gasteiger partial charge on any atom is -0.478 e. The van der Waals surface area contributed by atoms with Gasteiger partial charge in [0.1, 0.15) is 17.1 Å². The van der Waals surface area contributed by atoms with E-state index in [0.29, 0.717) is 6.07 Å². The topological polar surface area (TPSA) is 62.2 Å². The monoisotopic (exact) mass is 258 g/mol. The second-order valence-corrected chi connectivity index (χ2v) is 3.28. The Labute approximate surface area is 101 Å². The lowest BCUT2D eigenvalue weighted by Gasteiger charge is -2.11. The molecule has 0 atom stereocenters. The van der Waals surface area contributed by atoms with Crippen LogP contribution in [0.15, 0.2) is 12.1 Å². The van der Waals surface area contributed by atoms with Crippen molar-refractivity contribution >= 4 is 11.8 Å². The van der Waals surface area contributed by atoms with E-state index in [1.807, 2.05) is 0 Å². The highest BCUT2D eigenvalue weighted by molar-refractivity contribution is 5.93. The number of hydrogen-bond donors (Lipinski definition) is 2. The van der Waals surface area contributed by atoms with Gasteiger partial charge in [0.05, 0.1) is 0 Å². The summed E-state index contributed by atoms with van der Waals surface area (Å²) in [5.41, 5.74) is -1.49. The molecule has 1 heterocycles. The van der Waals surface area contributed by atoms with Crippen molar-refractivity contribution in [1.29, 1.82) is 0 Å². The third-order valence-electron chi connectivity index (χ3n) is 1.98. The lowest BCUT2D eigenvalue weighted by Crippen LogP contribution is -2.14. The van der Waals surface area contributed by atoms with Crippen molar-refractivity contribution in [3.63, 3.8) is 0 Å². The van der Waals surface area contributed by atoms with Gasteiger partial charge in [0.15, 0.2) is 0 Å². The highest BCUT2D eigenvalue weighted by Gasteiger charge is 2.33. The molecule has 18 heavy (non-hydrogen) atoms. The SMILES string of the molecule is C#CCCNc1nc(C(F)(F)F)ccc1C(=O)O. The Morgan fingerprint density at radius 1 is 1.50 bits per heavy atom. The summed E-state index contributed by atoms with van der Waals surface area (Å²) in [4.78, 5) is 14.1. The number of carboxylic acid groups (broad SMARTS) is 1. The van der Waals surface area contributed by atoms with Gasteiger partial charge in [0.2, 0.25) is 0 Å². The zero-order chi connectivity index (χ0) is 13.8. The maximum absolute atomic E-state index is 12.4. The molecule has 96 valence electrons. The molecule has 0 saturated heterocycles. The zero-order valence-electron chi connectivity index (χ0n) is 9.08. The van der Waals surface area contributed by atoms with E-state index in [0.717, 1.165) is 6.07 Å². The largest absolute Gasteiger partial charge is 0.478 e. The van der Waals surface area contributed by atoms with Gasteiger partial charge in [-0.25, -0.2) is 9.78 Å². The molecule has 1 rings (SSSR count). The van der Waals surface area contributed by atoms with E-state index in [1.165, 1.54) is 0 Å². The van der Waals surface area contributed by atoms with Crippen molar-refractivity contribution in [3.05, 3.63) is 23.4 Å². The summed E-state index contributed by atoms with van der Waals surface area (Å²) in [6.07, 6.45) is 0.605. The van der Waals surface area contributed by atoms with Gasteiger partial charge >= 0.3 is 12.1 Å². The molecule has 0 bridgehead atoms. The summed E-state index contributed by atoms with van der Waals surface area (Å²) in [5.74, 6) is 0.570. The molecule has 1 aromatic rings. The normalized spacial score (nSPS) is 10.8. The fraction of sp³-hybridized carbons (Fsp3) is 0.273. The number of nitrogens with one attached hydrogen (secondary N) is 1. The third-order valence-corrected chi connectivity index (χ3v) is 1.98. The van der Waals surface area contributed by atoms with Crippen molar-refractivity contribution in [2.75, 3.05) is 11.9 Å². The fourth-order valence-corrected chi connectivity index (χ4v) is 1.18. The van der Waals surface area contributed by atoms with Crippen molar-refractivity contribution in [2.45, 2.75) is 12.6 Å². The van der Waals surface area contributed by atoms with E-state index in [1.54, 1.807) is 0 Å². The molecule has 0 amide bonds. The number of pyridine rings is 1. The zero-order valence-corrected chi connectivity index (χ0v) is 9.08. The standard InChI is InChI=1S/C11H9F3N2O2/c1-2-3-6-15-9-7(10(17)18)4-5-8(16-9)11(12,13)14/h1,4-5H,3,6H2,(H,15,16)(H,17,18). The smallest absolute Gasteiger partial charge is 0.433 e. The molecule has 1 aromatic heterocycles. The predicted octanol–water partition coefficient (Wildman–Crippen LogP) is 2.23. The summed E-state index contributed by atoms with van der Waals surface area (Å²) in [7, 11) is 0. The van der Waals surface area contributed by atoms with Crippen LogP contribution in [0, 0.1) is 12.3 Å². The lowest BCUT2D eigenvalue weighted by molar-refractivity contribution is -0.141. The Morgan fingerprint density at radius 3 is 2.67 bits per heavy atom. The Kier molecular flexibility index (Phi) is 4.15.